The van der Waals surface area contributed by atoms with Crippen LogP contribution in [0, 0.1) is 6.92 Å². The topological polar surface area (TPSA) is 75.2 Å². The number of carbonyl (C=O) groups excluding carboxylic acids is 2. The zero-order valence-corrected chi connectivity index (χ0v) is 19.1. The first-order valence-corrected chi connectivity index (χ1v) is 12.0. The Hall–Kier alpha value is -2.71. The SMILES string of the molecule is CCc1ccc(N2CC(c3nnc(NC(=O)CSc4ccc(C)cc4)s3)CC2=O)cc1. The molecule has 0 bridgehead atoms. The number of thioether (sulfide) groups is 1. The molecular weight excluding hydrogens is 428 g/mol. The van der Waals surface area contributed by atoms with Gasteiger partial charge in [-0.25, -0.2) is 0 Å². The highest BCUT2D eigenvalue weighted by Gasteiger charge is 2.34. The molecule has 2 amide bonds. The molecule has 1 unspecified atom stereocenters. The molecule has 1 aromatic heterocycles. The largest absolute Gasteiger partial charge is 0.312 e. The van der Waals surface area contributed by atoms with E-state index in [9.17, 15) is 9.59 Å². The number of carbonyl (C=O) groups is 2. The molecule has 3 aromatic rings. The number of aromatic nitrogens is 2. The molecule has 1 N–H and O–H groups in total. The fraction of sp³-hybridized carbons (Fsp3) is 0.304. The van der Waals surface area contributed by atoms with Crippen LogP contribution in [-0.2, 0) is 16.0 Å². The van der Waals surface area contributed by atoms with Gasteiger partial charge in [0.1, 0.15) is 5.01 Å². The molecule has 1 atom stereocenters. The molecule has 0 spiro atoms. The molecule has 31 heavy (non-hydrogen) atoms. The number of nitrogens with one attached hydrogen (secondary N) is 1. The van der Waals surface area contributed by atoms with Gasteiger partial charge in [-0.05, 0) is 43.2 Å². The van der Waals surface area contributed by atoms with Gasteiger partial charge in [0, 0.05) is 29.5 Å². The third kappa shape index (κ3) is 5.32. The number of benzene rings is 2. The van der Waals surface area contributed by atoms with Crippen LogP contribution in [0.2, 0.25) is 0 Å². The van der Waals surface area contributed by atoms with Crippen molar-refractivity contribution in [3.05, 3.63) is 64.7 Å². The van der Waals surface area contributed by atoms with Gasteiger partial charge in [-0.15, -0.1) is 22.0 Å². The van der Waals surface area contributed by atoms with E-state index in [1.807, 2.05) is 48.2 Å². The van der Waals surface area contributed by atoms with E-state index in [-0.39, 0.29) is 17.7 Å². The minimum atomic E-state index is -0.117. The van der Waals surface area contributed by atoms with Gasteiger partial charge in [-0.3, -0.25) is 14.9 Å². The van der Waals surface area contributed by atoms with Crippen molar-refractivity contribution in [2.45, 2.75) is 37.5 Å². The summed E-state index contributed by atoms with van der Waals surface area (Å²) in [6.07, 6.45) is 1.38. The number of nitrogens with zero attached hydrogens (tertiary/aromatic N) is 3. The van der Waals surface area contributed by atoms with E-state index < -0.39 is 0 Å². The number of hydrogen-bond donors (Lipinski definition) is 1. The standard InChI is InChI=1S/C23H24N4O2S2/c1-3-16-6-8-18(9-7-16)27-13-17(12-21(27)29)22-25-26-23(31-22)24-20(28)14-30-19-10-4-15(2)5-11-19/h4-11,17H,3,12-14H2,1-2H3,(H,24,26,28). The summed E-state index contributed by atoms with van der Waals surface area (Å²) in [6.45, 7) is 4.72. The highest BCUT2D eigenvalue weighted by molar-refractivity contribution is 8.00. The van der Waals surface area contributed by atoms with Crippen LogP contribution in [0.1, 0.15) is 35.4 Å². The fourth-order valence-corrected chi connectivity index (χ4v) is 4.97. The Morgan fingerprint density at radius 2 is 1.90 bits per heavy atom. The minimum absolute atomic E-state index is 0.0107. The first kappa shape index (κ1) is 21.5. The molecule has 1 aliphatic rings. The third-order valence-electron chi connectivity index (χ3n) is 5.21. The van der Waals surface area contributed by atoms with Crippen LogP contribution >= 0.6 is 23.1 Å². The van der Waals surface area contributed by atoms with Crippen LogP contribution in [0.4, 0.5) is 10.8 Å². The molecule has 4 rings (SSSR count). The molecule has 2 heterocycles. The van der Waals surface area contributed by atoms with E-state index in [4.69, 9.17) is 0 Å². The van der Waals surface area contributed by atoms with Crippen LogP contribution < -0.4 is 10.2 Å². The zero-order valence-electron chi connectivity index (χ0n) is 17.5. The predicted octanol–water partition coefficient (Wildman–Crippen LogP) is 4.66. The smallest absolute Gasteiger partial charge is 0.236 e. The van der Waals surface area contributed by atoms with Crippen molar-refractivity contribution in [1.82, 2.24) is 10.2 Å². The van der Waals surface area contributed by atoms with Crippen LogP contribution in [0.5, 0.6) is 0 Å². The Kier molecular flexibility index (Phi) is 6.67. The van der Waals surface area contributed by atoms with Gasteiger partial charge in [0.05, 0.1) is 5.75 Å². The van der Waals surface area contributed by atoms with Crippen molar-refractivity contribution >= 4 is 45.7 Å². The van der Waals surface area contributed by atoms with Gasteiger partial charge in [0.25, 0.3) is 0 Å². The van der Waals surface area contributed by atoms with E-state index in [2.05, 4.69) is 34.6 Å². The summed E-state index contributed by atoms with van der Waals surface area (Å²) >= 11 is 2.83. The zero-order chi connectivity index (χ0) is 21.8. The van der Waals surface area contributed by atoms with Crippen molar-refractivity contribution in [2.75, 3.05) is 22.5 Å². The molecule has 1 saturated heterocycles. The Morgan fingerprint density at radius 1 is 1.16 bits per heavy atom. The lowest BCUT2D eigenvalue weighted by Crippen LogP contribution is -2.24. The average Bonchev–Trinajstić information content (AvgIpc) is 3.40. The molecule has 6 nitrogen and oxygen atoms in total. The first-order chi connectivity index (χ1) is 15.0. The summed E-state index contributed by atoms with van der Waals surface area (Å²) in [7, 11) is 0. The van der Waals surface area contributed by atoms with Gasteiger partial charge in [0.2, 0.25) is 16.9 Å². The van der Waals surface area contributed by atoms with E-state index in [0.29, 0.717) is 23.8 Å². The van der Waals surface area contributed by atoms with Gasteiger partial charge in [-0.1, -0.05) is 48.1 Å². The molecule has 2 aromatic carbocycles. The van der Waals surface area contributed by atoms with Crippen LogP contribution in [0.3, 0.4) is 0 Å². The quantitative estimate of drug-likeness (QED) is 0.528. The third-order valence-corrected chi connectivity index (χ3v) is 7.22. The number of amides is 2. The van der Waals surface area contributed by atoms with Crippen LogP contribution in [0.25, 0.3) is 0 Å². The van der Waals surface area contributed by atoms with Crippen molar-refractivity contribution in [3.63, 3.8) is 0 Å². The summed E-state index contributed by atoms with van der Waals surface area (Å²) in [6, 6.07) is 16.2. The van der Waals surface area contributed by atoms with Crippen molar-refractivity contribution < 1.29 is 9.59 Å². The summed E-state index contributed by atoms with van der Waals surface area (Å²) in [5, 5.41) is 12.4. The fourth-order valence-electron chi connectivity index (χ4n) is 3.42. The van der Waals surface area contributed by atoms with Crippen LogP contribution in [0.15, 0.2) is 53.4 Å². The summed E-state index contributed by atoms with van der Waals surface area (Å²) in [5.41, 5.74) is 3.35. The second kappa shape index (κ2) is 9.62. The lowest BCUT2D eigenvalue weighted by Gasteiger charge is -2.16. The van der Waals surface area contributed by atoms with Gasteiger partial charge < -0.3 is 4.90 Å². The molecule has 1 fully saturated rings. The monoisotopic (exact) mass is 452 g/mol. The molecule has 160 valence electrons. The Labute approximate surface area is 190 Å². The van der Waals surface area contributed by atoms with Crippen molar-refractivity contribution in [1.29, 1.82) is 0 Å². The first-order valence-electron chi connectivity index (χ1n) is 10.2. The maximum atomic E-state index is 12.5. The van der Waals surface area contributed by atoms with E-state index in [0.717, 1.165) is 22.0 Å². The molecule has 0 aliphatic carbocycles. The Bertz CT molecular complexity index is 1060. The Balaban J connectivity index is 1.33. The normalized spacial score (nSPS) is 16.0. The number of hydrogen-bond acceptors (Lipinski definition) is 6. The molecule has 0 saturated carbocycles. The Morgan fingerprint density at radius 3 is 2.61 bits per heavy atom. The molecule has 0 radical (unpaired) electrons. The minimum Gasteiger partial charge on any atom is -0.312 e. The summed E-state index contributed by atoms with van der Waals surface area (Å²) in [4.78, 5) is 27.7. The number of aryl methyl sites for hydroxylation is 2. The molecule has 8 heteroatoms. The summed E-state index contributed by atoms with van der Waals surface area (Å²) in [5.74, 6) is 0.267. The van der Waals surface area contributed by atoms with E-state index in [1.165, 1.54) is 34.2 Å². The molecular formula is C23H24N4O2S2. The lowest BCUT2D eigenvalue weighted by atomic mass is 10.1. The maximum Gasteiger partial charge on any atom is 0.236 e. The average molecular weight is 453 g/mol. The molecule has 1 aliphatic heterocycles. The number of rotatable bonds is 7. The number of anilines is 2. The highest BCUT2D eigenvalue weighted by Crippen LogP contribution is 2.34. The van der Waals surface area contributed by atoms with E-state index in [1.54, 1.807) is 0 Å². The predicted molar refractivity (Wildman–Crippen MR) is 126 cm³/mol. The lowest BCUT2D eigenvalue weighted by molar-refractivity contribution is -0.117. The van der Waals surface area contributed by atoms with Gasteiger partial charge >= 0.3 is 0 Å². The maximum absolute atomic E-state index is 12.5. The van der Waals surface area contributed by atoms with Gasteiger partial charge in [-0.2, -0.15) is 0 Å². The van der Waals surface area contributed by atoms with Gasteiger partial charge in [0.15, 0.2) is 0 Å². The highest BCUT2D eigenvalue weighted by atomic mass is 32.2. The van der Waals surface area contributed by atoms with Crippen molar-refractivity contribution in [3.8, 4) is 0 Å². The van der Waals surface area contributed by atoms with Crippen LogP contribution in [-0.4, -0.2) is 34.3 Å². The second-order valence-corrected chi connectivity index (χ2v) is 9.58. The van der Waals surface area contributed by atoms with Crippen molar-refractivity contribution in [2.24, 2.45) is 0 Å². The van der Waals surface area contributed by atoms with E-state index >= 15 is 0 Å². The second-order valence-electron chi connectivity index (χ2n) is 7.52. The summed E-state index contributed by atoms with van der Waals surface area (Å²) < 4.78 is 0.